The van der Waals surface area contributed by atoms with Crippen LogP contribution >= 0.6 is 11.6 Å². The standard InChI is InChI=1S/C25H21ClN4O2/c1-15-8-9-17(12-16(15)2)23-20(14-30(29-23)19-6-4-3-5-7-19)25(32)28-22-13-18(24(27)31)10-11-21(22)26/h3-14H,1-2H3,(H2,27,31)(H,28,32). The number of benzene rings is 3. The van der Waals surface area contributed by atoms with Crippen molar-refractivity contribution in [2.24, 2.45) is 5.73 Å². The van der Waals surface area contributed by atoms with E-state index in [1.54, 1.807) is 10.9 Å². The summed E-state index contributed by atoms with van der Waals surface area (Å²) in [4.78, 5) is 24.8. The van der Waals surface area contributed by atoms with E-state index in [9.17, 15) is 9.59 Å². The summed E-state index contributed by atoms with van der Waals surface area (Å²) in [5.41, 5.74) is 10.7. The van der Waals surface area contributed by atoms with Gasteiger partial charge in [0.25, 0.3) is 5.91 Å². The van der Waals surface area contributed by atoms with Gasteiger partial charge in [-0.2, -0.15) is 5.10 Å². The third-order valence-corrected chi connectivity index (χ3v) is 5.59. The number of anilines is 1. The number of nitrogens with two attached hydrogens (primary N) is 1. The van der Waals surface area contributed by atoms with Crippen LogP contribution in [0.3, 0.4) is 0 Å². The van der Waals surface area contributed by atoms with Gasteiger partial charge in [0.05, 0.1) is 22.0 Å². The summed E-state index contributed by atoms with van der Waals surface area (Å²) in [6, 6.07) is 20.0. The molecule has 0 aliphatic heterocycles. The number of rotatable bonds is 5. The van der Waals surface area contributed by atoms with Crippen LogP contribution in [0.5, 0.6) is 0 Å². The molecule has 160 valence electrons. The molecule has 1 heterocycles. The minimum atomic E-state index is -0.607. The van der Waals surface area contributed by atoms with E-state index in [0.29, 0.717) is 22.0 Å². The largest absolute Gasteiger partial charge is 0.366 e. The molecule has 0 spiro atoms. The number of para-hydroxylation sites is 1. The van der Waals surface area contributed by atoms with E-state index in [2.05, 4.69) is 5.32 Å². The Labute approximate surface area is 190 Å². The maximum absolute atomic E-state index is 13.3. The van der Waals surface area contributed by atoms with Crippen LogP contribution < -0.4 is 11.1 Å². The normalized spacial score (nSPS) is 10.7. The van der Waals surface area contributed by atoms with Crippen LogP contribution in [0, 0.1) is 13.8 Å². The van der Waals surface area contributed by atoms with Gasteiger partial charge in [-0.3, -0.25) is 9.59 Å². The molecule has 1 aromatic heterocycles. The Bertz CT molecular complexity index is 1330. The van der Waals surface area contributed by atoms with Crippen molar-refractivity contribution in [3.05, 3.63) is 100 Å². The van der Waals surface area contributed by atoms with E-state index in [1.807, 2.05) is 62.4 Å². The lowest BCUT2D eigenvalue weighted by molar-refractivity contribution is 0.0996. The Morgan fingerprint density at radius 1 is 0.969 bits per heavy atom. The molecule has 7 heteroatoms. The van der Waals surface area contributed by atoms with Crippen molar-refractivity contribution in [1.29, 1.82) is 0 Å². The monoisotopic (exact) mass is 444 g/mol. The Hall–Kier alpha value is -3.90. The van der Waals surface area contributed by atoms with E-state index >= 15 is 0 Å². The number of nitrogens with one attached hydrogen (secondary N) is 1. The molecule has 0 radical (unpaired) electrons. The summed E-state index contributed by atoms with van der Waals surface area (Å²) in [7, 11) is 0. The molecule has 32 heavy (non-hydrogen) atoms. The summed E-state index contributed by atoms with van der Waals surface area (Å²) in [5.74, 6) is -1.01. The van der Waals surface area contributed by atoms with E-state index in [1.165, 1.54) is 18.2 Å². The fourth-order valence-electron chi connectivity index (χ4n) is 3.32. The third-order valence-electron chi connectivity index (χ3n) is 5.26. The number of primary amides is 1. The first-order chi connectivity index (χ1) is 15.3. The van der Waals surface area contributed by atoms with Crippen molar-refractivity contribution in [2.75, 3.05) is 5.32 Å². The number of amides is 2. The van der Waals surface area contributed by atoms with E-state index in [4.69, 9.17) is 22.4 Å². The first-order valence-electron chi connectivity index (χ1n) is 9.97. The minimum Gasteiger partial charge on any atom is -0.366 e. The Kier molecular flexibility index (Phi) is 5.79. The van der Waals surface area contributed by atoms with Gasteiger partial charge in [-0.25, -0.2) is 4.68 Å². The van der Waals surface area contributed by atoms with E-state index in [-0.39, 0.29) is 5.56 Å². The van der Waals surface area contributed by atoms with Gasteiger partial charge in [-0.15, -0.1) is 0 Å². The number of nitrogens with zero attached hydrogens (tertiary/aromatic N) is 2. The van der Waals surface area contributed by atoms with Crippen LogP contribution in [0.15, 0.2) is 72.9 Å². The van der Waals surface area contributed by atoms with Crippen molar-refractivity contribution < 1.29 is 9.59 Å². The minimum absolute atomic E-state index is 0.249. The first kappa shape index (κ1) is 21.3. The summed E-state index contributed by atoms with van der Waals surface area (Å²) in [6.07, 6.45) is 1.68. The predicted octanol–water partition coefficient (Wildman–Crippen LogP) is 5.16. The maximum Gasteiger partial charge on any atom is 0.259 e. The van der Waals surface area contributed by atoms with Gasteiger partial charge >= 0.3 is 0 Å². The lowest BCUT2D eigenvalue weighted by Gasteiger charge is -2.09. The third kappa shape index (κ3) is 4.26. The zero-order chi connectivity index (χ0) is 22.8. The molecular weight excluding hydrogens is 424 g/mol. The van der Waals surface area contributed by atoms with Gasteiger partial charge in [0.1, 0.15) is 5.69 Å². The predicted molar refractivity (Wildman–Crippen MR) is 126 cm³/mol. The van der Waals surface area contributed by atoms with Gasteiger partial charge in [-0.1, -0.05) is 41.9 Å². The number of aryl methyl sites for hydroxylation is 2. The average Bonchev–Trinajstić information content (AvgIpc) is 3.23. The van der Waals surface area contributed by atoms with Crippen LogP contribution in [0.25, 0.3) is 16.9 Å². The average molecular weight is 445 g/mol. The molecule has 0 unspecified atom stereocenters. The molecule has 3 N–H and O–H groups in total. The van der Waals surface area contributed by atoms with Gasteiger partial charge in [0.15, 0.2) is 0 Å². The van der Waals surface area contributed by atoms with Crippen molar-refractivity contribution in [3.8, 4) is 16.9 Å². The lowest BCUT2D eigenvalue weighted by atomic mass is 10.0. The van der Waals surface area contributed by atoms with Crippen molar-refractivity contribution in [3.63, 3.8) is 0 Å². The highest BCUT2D eigenvalue weighted by atomic mass is 35.5. The molecule has 0 aliphatic carbocycles. The van der Waals surface area contributed by atoms with E-state index < -0.39 is 11.8 Å². The molecule has 0 saturated heterocycles. The summed E-state index contributed by atoms with van der Waals surface area (Å²) in [6.45, 7) is 4.05. The summed E-state index contributed by atoms with van der Waals surface area (Å²) < 4.78 is 1.67. The molecule has 0 saturated carbocycles. The van der Waals surface area contributed by atoms with Crippen molar-refractivity contribution in [1.82, 2.24) is 9.78 Å². The zero-order valence-corrected chi connectivity index (χ0v) is 18.4. The second kappa shape index (κ2) is 8.69. The van der Waals surface area contributed by atoms with Gasteiger partial charge in [0, 0.05) is 17.3 Å². The fourth-order valence-corrected chi connectivity index (χ4v) is 3.48. The molecule has 0 atom stereocenters. The first-order valence-corrected chi connectivity index (χ1v) is 10.3. The fraction of sp³-hybridized carbons (Fsp3) is 0.0800. The molecule has 4 rings (SSSR count). The molecular formula is C25H21ClN4O2. The van der Waals surface area contributed by atoms with Crippen molar-refractivity contribution in [2.45, 2.75) is 13.8 Å². The Morgan fingerprint density at radius 3 is 2.41 bits per heavy atom. The van der Waals surface area contributed by atoms with E-state index in [0.717, 1.165) is 22.4 Å². The highest BCUT2D eigenvalue weighted by Gasteiger charge is 2.20. The Balaban J connectivity index is 1.79. The smallest absolute Gasteiger partial charge is 0.259 e. The van der Waals surface area contributed by atoms with Gasteiger partial charge in [-0.05, 0) is 61.4 Å². The van der Waals surface area contributed by atoms with Crippen LogP contribution in [0.4, 0.5) is 5.69 Å². The zero-order valence-electron chi connectivity index (χ0n) is 17.6. The van der Waals surface area contributed by atoms with Crippen LogP contribution in [-0.2, 0) is 0 Å². The number of aromatic nitrogens is 2. The van der Waals surface area contributed by atoms with Crippen LogP contribution in [0.2, 0.25) is 5.02 Å². The van der Waals surface area contributed by atoms with Crippen molar-refractivity contribution >= 4 is 29.1 Å². The molecule has 2 amide bonds. The number of halogens is 1. The lowest BCUT2D eigenvalue weighted by Crippen LogP contribution is -2.15. The molecule has 6 nitrogen and oxygen atoms in total. The quantitative estimate of drug-likeness (QED) is 0.445. The molecule has 0 bridgehead atoms. The molecule has 3 aromatic carbocycles. The Morgan fingerprint density at radius 2 is 1.72 bits per heavy atom. The number of hydrogen-bond acceptors (Lipinski definition) is 3. The molecule has 0 aliphatic rings. The molecule has 0 fully saturated rings. The van der Waals surface area contributed by atoms with Crippen LogP contribution in [0.1, 0.15) is 31.8 Å². The number of carbonyl (C=O) groups is 2. The number of carbonyl (C=O) groups excluding carboxylic acids is 2. The second-order valence-corrected chi connectivity index (χ2v) is 7.89. The highest BCUT2D eigenvalue weighted by Crippen LogP contribution is 2.28. The molecule has 4 aromatic rings. The number of hydrogen-bond donors (Lipinski definition) is 2. The highest BCUT2D eigenvalue weighted by molar-refractivity contribution is 6.34. The van der Waals surface area contributed by atoms with Gasteiger partial charge < -0.3 is 11.1 Å². The van der Waals surface area contributed by atoms with Crippen LogP contribution in [-0.4, -0.2) is 21.6 Å². The maximum atomic E-state index is 13.3. The topological polar surface area (TPSA) is 90.0 Å². The van der Waals surface area contributed by atoms with Gasteiger partial charge in [0.2, 0.25) is 5.91 Å². The summed E-state index contributed by atoms with van der Waals surface area (Å²) in [5, 5.41) is 7.79. The SMILES string of the molecule is Cc1ccc(-c2nn(-c3ccccc3)cc2C(=O)Nc2cc(C(N)=O)ccc2Cl)cc1C. The second-order valence-electron chi connectivity index (χ2n) is 7.48. The summed E-state index contributed by atoms with van der Waals surface area (Å²) >= 11 is 6.24.